The van der Waals surface area contributed by atoms with Crippen molar-refractivity contribution in [2.75, 3.05) is 6.54 Å². The molecule has 116 valence electrons. The predicted octanol–water partition coefficient (Wildman–Crippen LogP) is 1.16. The number of ketones is 1. The number of aromatic amines is 1. The fourth-order valence-corrected chi connectivity index (χ4v) is 3.09. The number of carbonyl (C=O) groups excluding carboxylic acids is 2. The first kappa shape index (κ1) is 14.7. The molecule has 0 atom stereocenters. The van der Waals surface area contributed by atoms with Gasteiger partial charge in [0.2, 0.25) is 0 Å². The summed E-state index contributed by atoms with van der Waals surface area (Å²) in [6.45, 7) is 1.27. The minimum Gasteiger partial charge on any atom is -0.324 e. The molecule has 1 aliphatic heterocycles. The van der Waals surface area contributed by atoms with E-state index in [-0.39, 0.29) is 4.88 Å². The molecular formula is C12H10F3N4O2S+. The summed E-state index contributed by atoms with van der Waals surface area (Å²) in [6.07, 6.45) is -3.32. The molecule has 0 fully saturated rings. The van der Waals surface area contributed by atoms with E-state index in [1.807, 2.05) is 4.57 Å². The number of halogens is 3. The zero-order chi connectivity index (χ0) is 15.9. The third-order valence-corrected chi connectivity index (χ3v) is 4.35. The number of alkyl halides is 3. The van der Waals surface area contributed by atoms with E-state index in [0.717, 1.165) is 11.9 Å². The van der Waals surface area contributed by atoms with Gasteiger partial charge in [-0.3, -0.25) is 9.59 Å². The molecule has 6 nitrogen and oxygen atoms in total. The van der Waals surface area contributed by atoms with Crippen molar-refractivity contribution in [3.63, 3.8) is 0 Å². The van der Waals surface area contributed by atoms with E-state index in [1.54, 1.807) is 6.33 Å². The van der Waals surface area contributed by atoms with Crippen molar-refractivity contribution in [2.24, 2.45) is 0 Å². The Bertz CT molecular complexity index is 737. The highest BCUT2D eigenvalue weighted by Gasteiger charge is 2.40. The van der Waals surface area contributed by atoms with E-state index < -0.39 is 22.7 Å². The molecular weight excluding hydrogens is 321 g/mol. The second-order valence-corrected chi connectivity index (χ2v) is 5.80. The van der Waals surface area contributed by atoms with Gasteiger partial charge in [-0.1, -0.05) is 0 Å². The largest absolute Gasteiger partial charge is 0.455 e. The lowest BCUT2D eigenvalue weighted by Crippen LogP contribution is -2.50. The summed E-state index contributed by atoms with van der Waals surface area (Å²) >= 11 is 0.560. The Morgan fingerprint density at radius 3 is 2.77 bits per heavy atom. The van der Waals surface area contributed by atoms with Crippen LogP contribution in [-0.4, -0.2) is 39.5 Å². The Morgan fingerprint density at radius 1 is 1.32 bits per heavy atom. The summed E-state index contributed by atoms with van der Waals surface area (Å²) < 4.78 is 39.0. The van der Waals surface area contributed by atoms with E-state index >= 15 is 0 Å². The molecule has 2 aromatic heterocycles. The van der Waals surface area contributed by atoms with Crippen LogP contribution in [0.2, 0.25) is 0 Å². The van der Waals surface area contributed by atoms with E-state index in [0.29, 0.717) is 31.0 Å². The second-order valence-electron chi connectivity index (χ2n) is 4.71. The van der Waals surface area contributed by atoms with Crippen LogP contribution in [-0.2, 0) is 13.1 Å². The highest BCUT2D eigenvalue weighted by Crippen LogP contribution is 2.27. The maximum absolute atomic E-state index is 12.4. The Morgan fingerprint density at radius 2 is 2.05 bits per heavy atom. The molecule has 0 saturated carbocycles. The Hall–Kier alpha value is -2.23. The van der Waals surface area contributed by atoms with Gasteiger partial charge in [0.15, 0.2) is 0 Å². The van der Waals surface area contributed by atoms with Crippen molar-refractivity contribution in [3.05, 3.63) is 34.0 Å². The topological polar surface area (TPSA) is 69.9 Å². The van der Waals surface area contributed by atoms with Crippen LogP contribution in [0.15, 0.2) is 18.5 Å². The maximum Gasteiger partial charge on any atom is 0.455 e. The highest BCUT2D eigenvalue weighted by atomic mass is 32.1. The number of carbonyl (C=O) groups is 2. The van der Waals surface area contributed by atoms with Gasteiger partial charge in [0.25, 0.3) is 23.8 Å². The Labute approximate surface area is 126 Å². The molecule has 3 heterocycles. The number of H-pyrrole nitrogens is 1. The Balaban J connectivity index is 1.77. The Kier molecular flexibility index (Phi) is 3.47. The van der Waals surface area contributed by atoms with E-state index in [4.69, 9.17) is 0 Å². The lowest BCUT2D eigenvalue weighted by atomic mass is 10.3. The van der Waals surface area contributed by atoms with Crippen LogP contribution < -0.4 is 4.57 Å². The number of thiophene rings is 1. The molecule has 0 unspecified atom stereocenters. The predicted molar refractivity (Wildman–Crippen MR) is 68.2 cm³/mol. The molecule has 1 aliphatic rings. The summed E-state index contributed by atoms with van der Waals surface area (Å²) in [4.78, 5) is 24.6. The van der Waals surface area contributed by atoms with Gasteiger partial charge in [-0.05, 0) is 12.1 Å². The molecule has 0 aromatic carbocycles. The molecule has 0 spiro atoms. The van der Waals surface area contributed by atoms with Gasteiger partial charge in [0.05, 0.1) is 22.8 Å². The summed E-state index contributed by atoms with van der Waals surface area (Å²) in [6, 6.07) is 2.29. The van der Waals surface area contributed by atoms with Crippen molar-refractivity contribution in [3.8, 4) is 0 Å². The van der Waals surface area contributed by atoms with E-state index in [9.17, 15) is 22.8 Å². The van der Waals surface area contributed by atoms with Gasteiger partial charge in [-0.2, -0.15) is 13.2 Å². The van der Waals surface area contributed by atoms with E-state index in [1.165, 1.54) is 11.0 Å². The van der Waals surface area contributed by atoms with Crippen LogP contribution in [0.3, 0.4) is 0 Å². The third-order valence-electron chi connectivity index (χ3n) is 3.27. The molecule has 22 heavy (non-hydrogen) atoms. The molecule has 3 rings (SSSR count). The monoisotopic (exact) mass is 331 g/mol. The number of fused-ring (bicyclic) bond motifs is 1. The lowest BCUT2D eigenvalue weighted by molar-refractivity contribution is -0.710. The number of hydrogen-bond donors (Lipinski definition) is 1. The number of nitrogens with one attached hydrogen (secondary N) is 1. The average molecular weight is 331 g/mol. The average Bonchev–Trinajstić information content (AvgIpc) is 3.12. The molecule has 0 radical (unpaired) electrons. The van der Waals surface area contributed by atoms with Gasteiger partial charge in [-0.25, -0.2) is 4.57 Å². The van der Waals surface area contributed by atoms with Crippen molar-refractivity contribution in [1.29, 1.82) is 0 Å². The fourth-order valence-electron chi connectivity index (χ4n) is 2.16. The molecule has 0 bridgehead atoms. The maximum atomic E-state index is 12.4. The first-order chi connectivity index (χ1) is 10.4. The first-order valence-corrected chi connectivity index (χ1v) is 7.10. The number of aromatic nitrogens is 3. The van der Waals surface area contributed by atoms with Crippen molar-refractivity contribution >= 4 is 23.0 Å². The second kappa shape index (κ2) is 5.20. The molecule has 1 N–H and O–H groups in total. The minimum absolute atomic E-state index is 0.112. The van der Waals surface area contributed by atoms with Crippen molar-refractivity contribution in [1.82, 2.24) is 15.1 Å². The van der Waals surface area contributed by atoms with Crippen LogP contribution in [0, 0.1) is 0 Å². The lowest BCUT2D eigenvalue weighted by Gasteiger charge is -2.23. The number of nitrogens with zero attached hydrogens (tertiary/aromatic N) is 3. The van der Waals surface area contributed by atoms with Crippen LogP contribution in [0.5, 0.6) is 0 Å². The fraction of sp³-hybridized carbons (Fsp3) is 0.333. The molecule has 10 heteroatoms. The van der Waals surface area contributed by atoms with Gasteiger partial charge >= 0.3 is 6.18 Å². The standard InChI is InChI=1S/C12H9F3N4O2S/c13-12(14,15)10(20)7-1-2-8(22-7)11(21)18-3-4-19-6-16-17-9(19)5-18/h1-2,6H,3-5H2/p+1. The quantitative estimate of drug-likeness (QED) is 0.663. The van der Waals surface area contributed by atoms with Crippen LogP contribution in [0.1, 0.15) is 25.2 Å². The van der Waals surface area contributed by atoms with Crippen LogP contribution >= 0.6 is 11.3 Å². The van der Waals surface area contributed by atoms with Crippen LogP contribution in [0.25, 0.3) is 0 Å². The highest BCUT2D eigenvalue weighted by molar-refractivity contribution is 7.16. The van der Waals surface area contributed by atoms with Crippen molar-refractivity contribution in [2.45, 2.75) is 19.3 Å². The third kappa shape index (κ3) is 2.61. The van der Waals surface area contributed by atoms with Gasteiger partial charge in [0, 0.05) is 5.10 Å². The smallest absolute Gasteiger partial charge is 0.324 e. The normalized spacial score (nSPS) is 14.8. The zero-order valence-corrected chi connectivity index (χ0v) is 11.9. The number of amides is 1. The van der Waals surface area contributed by atoms with Gasteiger partial charge in [0.1, 0.15) is 6.54 Å². The zero-order valence-electron chi connectivity index (χ0n) is 11.1. The summed E-state index contributed by atoms with van der Waals surface area (Å²) in [7, 11) is 0. The molecule has 1 amide bonds. The van der Waals surface area contributed by atoms with Crippen molar-refractivity contribution < 1.29 is 27.3 Å². The minimum atomic E-state index is -4.93. The van der Waals surface area contributed by atoms with Crippen LogP contribution in [0.4, 0.5) is 13.2 Å². The first-order valence-electron chi connectivity index (χ1n) is 6.28. The number of hydrogen-bond acceptors (Lipinski definition) is 4. The molecule has 0 aliphatic carbocycles. The number of rotatable bonds is 2. The van der Waals surface area contributed by atoms with Gasteiger partial charge in [-0.15, -0.1) is 16.4 Å². The summed E-state index contributed by atoms with van der Waals surface area (Å²) in [5, 5.41) is 6.61. The SMILES string of the molecule is O=C(c1ccc(C(=O)C(F)(F)F)s1)N1CC[n+]2cn[nH]c2C1. The molecule has 0 saturated heterocycles. The number of Topliss-reactive ketones (excluding diaryl/α,β-unsaturated/α-hetero) is 1. The van der Waals surface area contributed by atoms with Gasteiger partial charge < -0.3 is 4.90 Å². The summed E-state index contributed by atoms with van der Waals surface area (Å²) in [5.41, 5.74) is 0. The van der Waals surface area contributed by atoms with E-state index in [2.05, 4.69) is 10.2 Å². The summed E-state index contributed by atoms with van der Waals surface area (Å²) in [5.74, 6) is -1.59. The molecule has 2 aromatic rings.